The number of carboxylic acids is 1. The van der Waals surface area contributed by atoms with E-state index in [0.29, 0.717) is 31.0 Å². The SMILES string of the molecule is CC1CN(C(=O)c2ccc(C3CCC3)cc2)CCC1C(=O)O. The number of carbonyl (C=O) groups is 2. The van der Waals surface area contributed by atoms with Crippen molar-refractivity contribution in [3.05, 3.63) is 35.4 Å². The Morgan fingerprint density at radius 1 is 1.14 bits per heavy atom. The van der Waals surface area contributed by atoms with Crippen LogP contribution in [0.1, 0.15) is 54.4 Å². The molecular formula is C18H23NO3. The molecule has 1 saturated carbocycles. The molecule has 4 nitrogen and oxygen atoms in total. The van der Waals surface area contributed by atoms with Gasteiger partial charge >= 0.3 is 5.97 Å². The van der Waals surface area contributed by atoms with Crippen molar-refractivity contribution < 1.29 is 14.7 Å². The van der Waals surface area contributed by atoms with Crippen LogP contribution in [0.3, 0.4) is 0 Å². The van der Waals surface area contributed by atoms with Gasteiger partial charge in [-0.15, -0.1) is 0 Å². The molecule has 2 aliphatic rings. The number of likely N-dealkylation sites (tertiary alicyclic amines) is 1. The fourth-order valence-corrected chi connectivity index (χ4v) is 3.52. The Balaban J connectivity index is 1.65. The fourth-order valence-electron chi connectivity index (χ4n) is 3.52. The van der Waals surface area contributed by atoms with E-state index in [1.54, 1.807) is 4.90 Å². The van der Waals surface area contributed by atoms with Crippen LogP contribution in [0.4, 0.5) is 0 Å². The van der Waals surface area contributed by atoms with Crippen LogP contribution in [0.15, 0.2) is 24.3 Å². The van der Waals surface area contributed by atoms with Gasteiger partial charge in [0.1, 0.15) is 0 Å². The summed E-state index contributed by atoms with van der Waals surface area (Å²) >= 11 is 0. The molecule has 22 heavy (non-hydrogen) atoms. The van der Waals surface area contributed by atoms with Crippen molar-refractivity contribution in [2.75, 3.05) is 13.1 Å². The van der Waals surface area contributed by atoms with Gasteiger partial charge in [-0.1, -0.05) is 25.5 Å². The predicted molar refractivity (Wildman–Crippen MR) is 83.8 cm³/mol. The minimum absolute atomic E-state index is 0.00412. The zero-order valence-electron chi connectivity index (χ0n) is 13.0. The summed E-state index contributed by atoms with van der Waals surface area (Å²) in [4.78, 5) is 25.5. The smallest absolute Gasteiger partial charge is 0.306 e. The summed E-state index contributed by atoms with van der Waals surface area (Å²) in [6, 6.07) is 7.99. The average Bonchev–Trinajstić information content (AvgIpc) is 2.45. The lowest BCUT2D eigenvalue weighted by atomic mass is 9.80. The maximum Gasteiger partial charge on any atom is 0.306 e. The highest BCUT2D eigenvalue weighted by molar-refractivity contribution is 5.94. The van der Waals surface area contributed by atoms with Crippen molar-refractivity contribution in [1.29, 1.82) is 0 Å². The number of benzene rings is 1. The number of amides is 1. The molecule has 1 aromatic rings. The van der Waals surface area contributed by atoms with Crippen LogP contribution in [-0.2, 0) is 4.79 Å². The molecule has 1 N–H and O–H groups in total. The third-order valence-corrected chi connectivity index (χ3v) is 5.24. The lowest BCUT2D eigenvalue weighted by Crippen LogP contribution is -2.45. The Labute approximate surface area is 131 Å². The zero-order chi connectivity index (χ0) is 15.7. The van der Waals surface area contributed by atoms with Gasteiger partial charge in [-0.3, -0.25) is 9.59 Å². The van der Waals surface area contributed by atoms with Gasteiger partial charge in [-0.2, -0.15) is 0 Å². The van der Waals surface area contributed by atoms with E-state index in [-0.39, 0.29) is 17.7 Å². The Kier molecular flexibility index (Phi) is 4.19. The van der Waals surface area contributed by atoms with Gasteiger partial charge < -0.3 is 10.0 Å². The van der Waals surface area contributed by atoms with E-state index in [0.717, 1.165) is 0 Å². The summed E-state index contributed by atoms with van der Waals surface area (Å²) in [5.41, 5.74) is 2.05. The van der Waals surface area contributed by atoms with E-state index in [1.165, 1.54) is 24.8 Å². The minimum Gasteiger partial charge on any atom is -0.481 e. The summed E-state index contributed by atoms with van der Waals surface area (Å²) in [5.74, 6) is -0.370. The fraction of sp³-hybridized carbons (Fsp3) is 0.556. The quantitative estimate of drug-likeness (QED) is 0.933. The van der Waals surface area contributed by atoms with Crippen LogP contribution < -0.4 is 0 Å². The number of carbonyl (C=O) groups excluding carboxylic acids is 1. The highest BCUT2D eigenvalue weighted by Crippen LogP contribution is 2.36. The van der Waals surface area contributed by atoms with E-state index in [2.05, 4.69) is 12.1 Å². The van der Waals surface area contributed by atoms with Crippen LogP contribution in [0.25, 0.3) is 0 Å². The van der Waals surface area contributed by atoms with Gasteiger partial charge in [0.25, 0.3) is 5.91 Å². The van der Waals surface area contributed by atoms with Crippen LogP contribution >= 0.6 is 0 Å². The van der Waals surface area contributed by atoms with Gasteiger partial charge in [0.2, 0.25) is 0 Å². The monoisotopic (exact) mass is 301 g/mol. The first-order valence-corrected chi connectivity index (χ1v) is 8.18. The molecule has 1 heterocycles. The Morgan fingerprint density at radius 2 is 1.82 bits per heavy atom. The van der Waals surface area contributed by atoms with Crippen LogP contribution in [0, 0.1) is 11.8 Å². The zero-order valence-corrected chi connectivity index (χ0v) is 13.0. The van der Waals surface area contributed by atoms with Crippen molar-refractivity contribution in [2.24, 2.45) is 11.8 Å². The first kappa shape index (κ1) is 15.1. The van der Waals surface area contributed by atoms with E-state index in [9.17, 15) is 9.59 Å². The third-order valence-electron chi connectivity index (χ3n) is 5.24. The van der Waals surface area contributed by atoms with E-state index in [4.69, 9.17) is 5.11 Å². The molecule has 4 heteroatoms. The number of rotatable bonds is 3. The standard InChI is InChI=1S/C18H23NO3/c1-12-11-19(10-9-16(12)18(21)22)17(20)15-7-5-14(6-8-15)13-3-2-4-13/h5-8,12-13,16H,2-4,9-11H2,1H3,(H,21,22). The molecule has 1 aromatic carbocycles. The Bertz CT molecular complexity index is 562. The minimum atomic E-state index is -0.746. The molecule has 2 atom stereocenters. The first-order chi connectivity index (χ1) is 10.6. The molecule has 1 saturated heterocycles. The Morgan fingerprint density at radius 3 is 2.32 bits per heavy atom. The van der Waals surface area contributed by atoms with Crippen LogP contribution in [0.2, 0.25) is 0 Å². The second kappa shape index (κ2) is 6.11. The molecular weight excluding hydrogens is 278 g/mol. The molecule has 118 valence electrons. The van der Waals surface area contributed by atoms with E-state index in [1.807, 2.05) is 19.1 Å². The second-order valence-electron chi connectivity index (χ2n) is 6.71. The average molecular weight is 301 g/mol. The van der Waals surface area contributed by atoms with Gasteiger partial charge in [0.15, 0.2) is 0 Å². The topological polar surface area (TPSA) is 57.6 Å². The maximum absolute atomic E-state index is 12.6. The van der Waals surface area contributed by atoms with Crippen molar-refractivity contribution in [1.82, 2.24) is 4.90 Å². The number of nitrogens with zero attached hydrogens (tertiary/aromatic N) is 1. The predicted octanol–water partition coefficient (Wildman–Crippen LogP) is 3.14. The van der Waals surface area contributed by atoms with Crippen molar-refractivity contribution >= 4 is 11.9 Å². The molecule has 1 aliphatic carbocycles. The molecule has 0 spiro atoms. The van der Waals surface area contributed by atoms with Crippen molar-refractivity contribution in [3.8, 4) is 0 Å². The van der Waals surface area contributed by atoms with Crippen LogP contribution in [0.5, 0.6) is 0 Å². The largest absolute Gasteiger partial charge is 0.481 e. The molecule has 3 rings (SSSR count). The van der Waals surface area contributed by atoms with Crippen molar-refractivity contribution in [3.63, 3.8) is 0 Å². The normalized spacial score (nSPS) is 25.6. The van der Waals surface area contributed by atoms with E-state index >= 15 is 0 Å². The highest BCUT2D eigenvalue weighted by atomic mass is 16.4. The lowest BCUT2D eigenvalue weighted by molar-refractivity contribution is -0.145. The molecule has 1 aliphatic heterocycles. The molecule has 2 unspecified atom stereocenters. The number of piperidine rings is 1. The highest BCUT2D eigenvalue weighted by Gasteiger charge is 2.33. The second-order valence-corrected chi connectivity index (χ2v) is 6.71. The lowest BCUT2D eigenvalue weighted by Gasteiger charge is -2.35. The molecule has 0 bridgehead atoms. The van der Waals surface area contributed by atoms with E-state index < -0.39 is 5.97 Å². The summed E-state index contributed by atoms with van der Waals surface area (Å²) in [6.45, 7) is 2.97. The van der Waals surface area contributed by atoms with Gasteiger partial charge in [0.05, 0.1) is 5.92 Å². The molecule has 2 fully saturated rings. The molecule has 0 radical (unpaired) electrons. The van der Waals surface area contributed by atoms with Gasteiger partial charge in [-0.05, 0) is 48.8 Å². The summed E-state index contributed by atoms with van der Waals surface area (Å²) in [5, 5.41) is 9.16. The van der Waals surface area contributed by atoms with Gasteiger partial charge in [-0.25, -0.2) is 0 Å². The Hall–Kier alpha value is -1.84. The van der Waals surface area contributed by atoms with Crippen LogP contribution in [-0.4, -0.2) is 35.0 Å². The third kappa shape index (κ3) is 2.87. The first-order valence-electron chi connectivity index (χ1n) is 8.18. The number of hydrogen-bond donors (Lipinski definition) is 1. The molecule has 0 aromatic heterocycles. The number of hydrogen-bond acceptors (Lipinski definition) is 2. The van der Waals surface area contributed by atoms with Gasteiger partial charge in [0, 0.05) is 18.7 Å². The maximum atomic E-state index is 12.6. The summed E-state index contributed by atoms with van der Waals surface area (Å²) < 4.78 is 0. The molecule has 1 amide bonds. The number of aliphatic carboxylic acids is 1. The van der Waals surface area contributed by atoms with Crippen molar-refractivity contribution in [2.45, 2.75) is 38.5 Å². The number of carboxylic acid groups (broad SMARTS) is 1. The summed E-state index contributed by atoms with van der Waals surface area (Å²) in [6.07, 6.45) is 4.37. The summed E-state index contributed by atoms with van der Waals surface area (Å²) in [7, 11) is 0.